The van der Waals surface area contributed by atoms with Gasteiger partial charge in [-0.15, -0.1) is 0 Å². The molecule has 0 saturated carbocycles. The molecule has 1 aromatic carbocycles. The summed E-state index contributed by atoms with van der Waals surface area (Å²) in [7, 11) is 0. The van der Waals surface area contributed by atoms with Crippen molar-refractivity contribution in [2.75, 3.05) is 5.32 Å². The molecule has 3 aromatic rings. The van der Waals surface area contributed by atoms with Crippen molar-refractivity contribution in [3.8, 4) is 0 Å². The van der Waals surface area contributed by atoms with Gasteiger partial charge in [0.2, 0.25) is 0 Å². The van der Waals surface area contributed by atoms with Crippen molar-refractivity contribution < 1.29 is 14.2 Å². The van der Waals surface area contributed by atoms with E-state index in [1.165, 1.54) is 16.8 Å². The predicted octanol–water partition coefficient (Wildman–Crippen LogP) is 4.00. The molecule has 3 rings (SSSR count). The van der Waals surface area contributed by atoms with E-state index in [1.54, 1.807) is 26.0 Å². The fourth-order valence-corrected chi connectivity index (χ4v) is 2.88. The Morgan fingerprint density at radius 1 is 1.33 bits per heavy atom. The number of amides is 1. The van der Waals surface area contributed by atoms with Crippen LogP contribution in [0.5, 0.6) is 0 Å². The van der Waals surface area contributed by atoms with Crippen LogP contribution in [0.4, 0.5) is 11.5 Å². The maximum atomic E-state index is 12.6. The molecule has 140 valence electrons. The van der Waals surface area contributed by atoms with Crippen molar-refractivity contribution in [3.63, 3.8) is 0 Å². The Labute approximate surface area is 163 Å². The first-order valence-electron chi connectivity index (χ1n) is 7.66. The minimum Gasteiger partial charge on any atom is -0.361 e. The summed E-state index contributed by atoms with van der Waals surface area (Å²) in [5, 5.41) is 21.9. The lowest BCUT2D eigenvalue weighted by atomic mass is 10.1. The minimum absolute atomic E-state index is 0.0380. The van der Waals surface area contributed by atoms with Crippen LogP contribution in [-0.2, 0) is 6.54 Å². The molecule has 0 aliphatic rings. The Balaban J connectivity index is 1.88. The first kappa shape index (κ1) is 18.9. The van der Waals surface area contributed by atoms with Crippen LogP contribution in [0.1, 0.15) is 27.5 Å². The van der Waals surface area contributed by atoms with E-state index in [2.05, 4.69) is 15.6 Å². The quantitative estimate of drug-likeness (QED) is 0.502. The second-order valence-corrected chi connectivity index (χ2v) is 6.55. The van der Waals surface area contributed by atoms with Crippen molar-refractivity contribution in [2.24, 2.45) is 0 Å². The molecular weight excluding hydrogens is 397 g/mol. The molecule has 0 saturated heterocycles. The molecule has 9 nitrogen and oxygen atoms in total. The Hall–Kier alpha value is -2.91. The molecule has 1 amide bonds. The van der Waals surface area contributed by atoms with Gasteiger partial charge in [0, 0.05) is 5.02 Å². The van der Waals surface area contributed by atoms with E-state index in [-0.39, 0.29) is 23.1 Å². The molecule has 2 aromatic heterocycles. The monoisotopic (exact) mass is 409 g/mol. The highest BCUT2D eigenvalue weighted by Crippen LogP contribution is 2.26. The number of carbonyl (C=O) groups is 1. The van der Waals surface area contributed by atoms with E-state index in [9.17, 15) is 14.9 Å². The molecule has 0 fully saturated rings. The molecule has 0 atom stereocenters. The number of nitrogens with one attached hydrogen (secondary N) is 1. The molecule has 0 unspecified atom stereocenters. The van der Waals surface area contributed by atoms with Crippen molar-refractivity contribution in [1.82, 2.24) is 14.9 Å². The van der Waals surface area contributed by atoms with Gasteiger partial charge in [0.15, 0.2) is 5.69 Å². The molecular formula is C16H13Cl2N5O4. The number of carbonyl (C=O) groups excluding carboxylic acids is 1. The van der Waals surface area contributed by atoms with Gasteiger partial charge < -0.3 is 20.0 Å². The first-order valence-corrected chi connectivity index (χ1v) is 8.42. The number of hydrogen-bond acceptors (Lipinski definition) is 6. The Kier molecular flexibility index (Phi) is 5.15. The highest BCUT2D eigenvalue weighted by Gasteiger charge is 2.24. The van der Waals surface area contributed by atoms with Crippen molar-refractivity contribution >= 4 is 40.6 Å². The van der Waals surface area contributed by atoms with Gasteiger partial charge in [0.05, 0.1) is 39.7 Å². The summed E-state index contributed by atoms with van der Waals surface area (Å²) in [5.74, 6) is -0.411. The topological polar surface area (TPSA) is 116 Å². The normalized spacial score (nSPS) is 10.8. The number of hydrogen-bond donors (Lipinski definition) is 1. The SMILES string of the molecule is Cc1onc(C(=O)Nc2ccc(Cl)cc2Cl)c1Cn1nc([N+](=O)[O-])cc1C. The van der Waals surface area contributed by atoms with Gasteiger partial charge in [0.25, 0.3) is 5.91 Å². The molecule has 0 spiro atoms. The second kappa shape index (κ2) is 7.37. The summed E-state index contributed by atoms with van der Waals surface area (Å²) in [6.45, 7) is 3.41. The van der Waals surface area contributed by atoms with Gasteiger partial charge in [-0.2, -0.15) is 4.68 Å². The largest absolute Gasteiger partial charge is 0.390 e. The lowest BCUT2D eigenvalue weighted by molar-refractivity contribution is -0.389. The number of aromatic nitrogens is 3. The zero-order chi connectivity index (χ0) is 19.7. The number of nitrogens with zero attached hydrogens (tertiary/aromatic N) is 4. The average molecular weight is 410 g/mol. The number of nitro groups is 1. The molecule has 1 N–H and O–H groups in total. The number of benzene rings is 1. The van der Waals surface area contributed by atoms with Crippen LogP contribution in [0, 0.1) is 24.0 Å². The standard InChI is InChI=1S/C16H13Cl2N5O4/c1-8-5-14(23(25)26)20-22(8)7-11-9(2)27-21-15(11)16(24)19-13-4-3-10(17)6-12(13)18/h3-6H,7H2,1-2H3,(H,19,24). The first-order chi connectivity index (χ1) is 12.8. The highest BCUT2D eigenvalue weighted by atomic mass is 35.5. The summed E-state index contributed by atoms with van der Waals surface area (Å²) < 4.78 is 6.54. The summed E-state index contributed by atoms with van der Waals surface area (Å²) in [5.41, 5.74) is 1.42. The van der Waals surface area contributed by atoms with Crippen molar-refractivity contribution in [1.29, 1.82) is 0 Å². The van der Waals surface area contributed by atoms with Crippen LogP contribution < -0.4 is 5.32 Å². The molecule has 0 aliphatic heterocycles. The van der Waals surface area contributed by atoms with Crippen LogP contribution in [0.3, 0.4) is 0 Å². The lowest BCUT2D eigenvalue weighted by Gasteiger charge is -2.07. The fraction of sp³-hybridized carbons (Fsp3) is 0.188. The molecule has 27 heavy (non-hydrogen) atoms. The van der Waals surface area contributed by atoms with Gasteiger partial charge in [0.1, 0.15) is 5.76 Å². The maximum absolute atomic E-state index is 12.6. The summed E-state index contributed by atoms with van der Waals surface area (Å²) in [6.07, 6.45) is 0. The molecule has 11 heteroatoms. The van der Waals surface area contributed by atoms with E-state index >= 15 is 0 Å². The second-order valence-electron chi connectivity index (χ2n) is 5.70. The maximum Gasteiger partial charge on any atom is 0.390 e. The number of anilines is 1. The molecule has 0 radical (unpaired) electrons. The summed E-state index contributed by atoms with van der Waals surface area (Å²) >= 11 is 11.9. The summed E-state index contributed by atoms with van der Waals surface area (Å²) in [4.78, 5) is 22.9. The van der Waals surface area contributed by atoms with E-state index < -0.39 is 10.8 Å². The third kappa shape index (κ3) is 3.93. The van der Waals surface area contributed by atoms with Crippen molar-refractivity contribution in [3.05, 3.63) is 67.1 Å². The van der Waals surface area contributed by atoms with E-state index in [4.69, 9.17) is 27.7 Å². The Morgan fingerprint density at radius 3 is 2.70 bits per heavy atom. The molecule has 2 heterocycles. The zero-order valence-corrected chi connectivity index (χ0v) is 15.7. The summed E-state index contributed by atoms with van der Waals surface area (Å²) in [6, 6.07) is 6.00. The van der Waals surface area contributed by atoms with Crippen LogP contribution in [0.15, 0.2) is 28.8 Å². The average Bonchev–Trinajstić information content (AvgIpc) is 3.14. The van der Waals surface area contributed by atoms with Gasteiger partial charge in [-0.05, 0) is 37.0 Å². The van der Waals surface area contributed by atoms with Gasteiger partial charge in [-0.25, -0.2) is 0 Å². The third-order valence-corrected chi connectivity index (χ3v) is 4.39. The third-order valence-electron chi connectivity index (χ3n) is 3.84. The van der Waals surface area contributed by atoms with E-state index in [1.807, 2.05) is 0 Å². The van der Waals surface area contributed by atoms with E-state index in [0.29, 0.717) is 27.7 Å². The zero-order valence-electron chi connectivity index (χ0n) is 14.2. The van der Waals surface area contributed by atoms with Gasteiger partial charge >= 0.3 is 5.82 Å². The predicted molar refractivity (Wildman–Crippen MR) is 98.4 cm³/mol. The highest BCUT2D eigenvalue weighted by molar-refractivity contribution is 6.36. The van der Waals surface area contributed by atoms with Crippen LogP contribution >= 0.6 is 23.2 Å². The lowest BCUT2D eigenvalue weighted by Crippen LogP contribution is -2.16. The molecule has 0 aliphatic carbocycles. The molecule has 0 bridgehead atoms. The van der Waals surface area contributed by atoms with Gasteiger partial charge in [-0.1, -0.05) is 28.4 Å². The number of halogens is 2. The van der Waals surface area contributed by atoms with Crippen LogP contribution in [0.2, 0.25) is 10.0 Å². The van der Waals surface area contributed by atoms with Gasteiger partial charge in [-0.3, -0.25) is 4.79 Å². The fourth-order valence-electron chi connectivity index (χ4n) is 2.42. The minimum atomic E-state index is -0.583. The van der Waals surface area contributed by atoms with E-state index in [0.717, 1.165) is 0 Å². The Morgan fingerprint density at radius 2 is 2.07 bits per heavy atom. The smallest absolute Gasteiger partial charge is 0.361 e. The number of rotatable bonds is 5. The Bertz CT molecular complexity index is 1040. The van der Waals surface area contributed by atoms with Crippen molar-refractivity contribution in [2.45, 2.75) is 20.4 Å². The van der Waals surface area contributed by atoms with Crippen LogP contribution in [0.25, 0.3) is 0 Å². The number of aryl methyl sites for hydroxylation is 2. The van der Waals surface area contributed by atoms with Crippen LogP contribution in [-0.4, -0.2) is 25.8 Å².